The number of carbonyl (C=O) groups is 1. The summed E-state index contributed by atoms with van der Waals surface area (Å²) in [5.74, 6) is -0.331. The second kappa shape index (κ2) is 6.88. The van der Waals surface area contributed by atoms with Crippen molar-refractivity contribution in [1.29, 1.82) is 0 Å². The Morgan fingerprint density at radius 1 is 1.19 bits per heavy atom. The fourth-order valence-corrected chi connectivity index (χ4v) is 2.10. The molecular weight excluding hydrogens is 267 g/mol. The molecule has 2 amide bonds. The molecule has 0 heterocycles. The SMILES string of the molecule is CCC(NC(=O)Nc1ccc(C)c(F)c1)c1ccccc1. The van der Waals surface area contributed by atoms with Gasteiger partial charge in [0.15, 0.2) is 0 Å². The van der Waals surface area contributed by atoms with Gasteiger partial charge in [-0.1, -0.05) is 43.3 Å². The summed E-state index contributed by atoms with van der Waals surface area (Å²) in [6.07, 6.45) is 0.777. The lowest BCUT2D eigenvalue weighted by Crippen LogP contribution is -2.32. The van der Waals surface area contributed by atoms with Crippen LogP contribution in [0.15, 0.2) is 48.5 Å². The van der Waals surface area contributed by atoms with Crippen LogP contribution in [0.4, 0.5) is 14.9 Å². The van der Waals surface area contributed by atoms with Gasteiger partial charge in [-0.05, 0) is 36.6 Å². The van der Waals surface area contributed by atoms with Crippen LogP contribution in [0.25, 0.3) is 0 Å². The third-order valence-corrected chi connectivity index (χ3v) is 3.35. The van der Waals surface area contributed by atoms with E-state index in [1.165, 1.54) is 6.07 Å². The van der Waals surface area contributed by atoms with Gasteiger partial charge in [-0.2, -0.15) is 0 Å². The van der Waals surface area contributed by atoms with Crippen molar-refractivity contribution in [3.63, 3.8) is 0 Å². The summed E-state index contributed by atoms with van der Waals surface area (Å²) in [5, 5.41) is 5.55. The second-order valence-corrected chi connectivity index (χ2v) is 4.93. The molecule has 0 fully saturated rings. The third-order valence-electron chi connectivity index (χ3n) is 3.35. The first kappa shape index (κ1) is 15.0. The Labute approximate surface area is 124 Å². The first-order chi connectivity index (χ1) is 10.1. The number of anilines is 1. The number of hydrogen-bond acceptors (Lipinski definition) is 1. The maximum absolute atomic E-state index is 13.5. The van der Waals surface area contributed by atoms with Crippen molar-refractivity contribution in [3.05, 3.63) is 65.5 Å². The standard InChI is InChI=1S/C17H19FN2O/c1-3-16(13-7-5-4-6-8-13)20-17(21)19-14-10-9-12(2)15(18)11-14/h4-11,16H,3H2,1-2H3,(H2,19,20,21). The van der Waals surface area contributed by atoms with Crippen LogP contribution in [0.2, 0.25) is 0 Å². The fourth-order valence-electron chi connectivity index (χ4n) is 2.10. The average Bonchev–Trinajstić information content (AvgIpc) is 2.49. The van der Waals surface area contributed by atoms with Crippen LogP contribution in [-0.2, 0) is 0 Å². The maximum Gasteiger partial charge on any atom is 0.319 e. The minimum Gasteiger partial charge on any atom is -0.331 e. The molecule has 0 aliphatic heterocycles. The molecule has 1 atom stereocenters. The summed E-state index contributed by atoms with van der Waals surface area (Å²) in [7, 11) is 0. The van der Waals surface area contributed by atoms with Crippen molar-refractivity contribution in [2.75, 3.05) is 5.32 Å². The van der Waals surface area contributed by atoms with Gasteiger partial charge >= 0.3 is 6.03 Å². The Morgan fingerprint density at radius 3 is 2.52 bits per heavy atom. The highest BCUT2D eigenvalue weighted by molar-refractivity contribution is 5.89. The molecule has 2 aromatic rings. The number of aryl methyl sites for hydroxylation is 1. The van der Waals surface area contributed by atoms with Crippen molar-refractivity contribution in [3.8, 4) is 0 Å². The van der Waals surface area contributed by atoms with E-state index in [-0.39, 0.29) is 17.9 Å². The lowest BCUT2D eigenvalue weighted by atomic mass is 10.1. The summed E-state index contributed by atoms with van der Waals surface area (Å²) in [5.41, 5.74) is 2.04. The van der Waals surface area contributed by atoms with Crippen LogP contribution in [-0.4, -0.2) is 6.03 Å². The molecule has 2 N–H and O–H groups in total. The van der Waals surface area contributed by atoms with Crippen LogP contribution in [0.1, 0.15) is 30.5 Å². The van der Waals surface area contributed by atoms with Crippen molar-refractivity contribution >= 4 is 11.7 Å². The molecule has 0 radical (unpaired) electrons. The molecule has 0 spiro atoms. The molecule has 2 aromatic carbocycles. The molecule has 3 nitrogen and oxygen atoms in total. The number of hydrogen-bond donors (Lipinski definition) is 2. The molecule has 0 bridgehead atoms. The van der Waals surface area contributed by atoms with Crippen LogP contribution in [0.5, 0.6) is 0 Å². The molecule has 0 saturated heterocycles. The summed E-state index contributed by atoms with van der Waals surface area (Å²) in [6, 6.07) is 14.0. The van der Waals surface area contributed by atoms with E-state index in [1.807, 2.05) is 37.3 Å². The maximum atomic E-state index is 13.5. The smallest absolute Gasteiger partial charge is 0.319 e. The molecule has 0 saturated carbocycles. The Hall–Kier alpha value is -2.36. The molecule has 4 heteroatoms. The minimum absolute atomic E-state index is 0.0681. The molecular formula is C17H19FN2O. The number of urea groups is 1. The van der Waals surface area contributed by atoms with E-state index in [2.05, 4.69) is 10.6 Å². The molecule has 0 aliphatic carbocycles. The second-order valence-electron chi connectivity index (χ2n) is 4.93. The van der Waals surface area contributed by atoms with Gasteiger partial charge in [-0.25, -0.2) is 9.18 Å². The molecule has 0 aromatic heterocycles. The first-order valence-corrected chi connectivity index (χ1v) is 6.98. The number of nitrogens with one attached hydrogen (secondary N) is 2. The van der Waals surface area contributed by atoms with Gasteiger partial charge in [0.25, 0.3) is 0 Å². The lowest BCUT2D eigenvalue weighted by Gasteiger charge is -2.18. The molecule has 0 aliphatic rings. The zero-order chi connectivity index (χ0) is 15.2. The van der Waals surface area contributed by atoms with E-state index in [4.69, 9.17) is 0 Å². The topological polar surface area (TPSA) is 41.1 Å². The zero-order valence-corrected chi connectivity index (χ0v) is 12.2. The van der Waals surface area contributed by atoms with Gasteiger partial charge in [0.2, 0.25) is 0 Å². The Kier molecular flexibility index (Phi) is 4.93. The van der Waals surface area contributed by atoms with Gasteiger partial charge in [-0.15, -0.1) is 0 Å². The molecule has 21 heavy (non-hydrogen) atoms. The number of amides is 2. The normalized spacial score (nSPS) is 11.8. The van der Waals surface area contributed by atoms with E-state index in [0.29, 0.717) is 11.3 Å². The van der Waals surface area contributed by atoms with E-state index in [0.717, 1.165) is 12.0 Å². The number of rotatable bonds is 4. The number of halogens is 1. The monoisotopic (exact) mass is 286 g/mol. The van der Waals surface area contributed by atoms with Gasteiger partial charge in [0, 0.05) is 5.69 Å². The zero-order valence-electron chi connectivity index (χ0n) is 12.2. The Balaban J connectivity index is 2.01. The predicted molar refractivity (Wildman–Crippen MR) is 82.8 cm³/mol. The van der Waals surface area contributed by atoms with Crippen molar-refractivity contribution in [2.45, 2.75) is 26.3 Å². The van der Waals surface area contributed by atoms with Crippen LogP contribution in [0.3, 0.4) is 0 Å². The molecule has 2 rings (SSSR count). The van der Waals surface area contributed by atoms with Crippen molar-refractivity contribution < 1.29 is 9.18 Å². The quantitative estimate of drug-likeness (QED) is 0.859. The van der Waals surface area contributed by atoms with E-state index >= 15 is 0 Å². The largest absolute Gasteiger partial charge is 0.331 e. The lowest BCUT2D eigenvalue weighted by molar-refractivity contribution is 0.248. The van der Waals surface area contributed by atoms with Gasteiger partial charge in [0.05, 0.1) is 6.04 Å². The summed E-state index contributed by atoms with van der Waals surface area (Å²) < 4.78 is 13.5. The average molecular weight is 286 g/mol. The molecule has 1 unspecified atom stereocenters. The number of carbonyl (C=O) groups excluding carboxylic acids is 1. The summed E-state index contributed by atoms with van der Waals surface area (Å²) >= 11 is 0. The third kappa shape index (κ3) is 4.05. The molecule has 110 valence electrons. The van der Waals surface area contributed by atoms with E-state index in [9.17, 15) is 9.18 Å². The Morgan fingerprint density at radius 2 is 1.90 bits per heavy atom. The predicted octanol–water partition coefficient (Wildman–Crippen LogP) is 4.41. The van der Waals surface area contributed by atoms with Crippen LogP contribution >= 0.6 is 0 Å². The van der Waals surface area contributed by atoms with Gasteiger partial charge in [-0.3, -0.25) is 0 Å². The number of benzene rings is 2. The highest BCUT2D eigenvalue weighted by atomic mass is 19.1. The van der Waals surface area contributed by atoms with E-state index in [1.54, 1.807) is 19.1 Å². The van der Waals surface area contributed by atoms with Gasteiger partial charge < -0.3 is 10.6 Å². The summed E-state index contributed by atoms with van der Waals surface area (Å²) in [6.45, 7) is 3.69. The Bertz CT molecular complexity index is 613. The first-order valence-electron chi connectivity index (χ1n) is 6.98. The highest BCUT2D eigenvalue weighted by Crippen LogP contribution is 2.17. The van der Waals surface area contributed by atoms with E-state index < -0.39 is 0 Å². The van der Waals surface area contributed by atoms with Crippen LogP contribution in [0, 0.1) is 12.7 Å². The van der Waals surface area contributed by atoms with Gasteiger partial charge in [0.1, 0.15) is 5.82 Å². The van der Waals surface area contributed by atoms with Crippen molar-refractivity contribution in [1.82, 2.24) is 5.32 Å². The summed E-state index contributed by atoms with van der Waals surface area (Å²) in [4.78, 5) is 12.0. The van der Waals surface area contributed by atoms with Crippen molar-refractivity contribution in [2.24, 2.45) is 0 Å². The van der Waals surface area contributed by atoms with Crippen LogP contribution < -0.4 is 10.6 Å². The fraction of sp³-hybridized carbons (Fsp3) is 0.235. The minimum atomic E-state index is -0.339. The highest BCUT2D eigenvalue weighted by Gasteiger charge is 2.12.